The Morgan fingerprint density at radius 1 is 1.41 bits per heavy atom. The molecule has 0 unspecified atom stereocenters. The number of anilines is 1. The number of pyridine rings is 1. The molecule has 0 spiro atoms. The molecule has 0 amide bonds. The van der Waals surface area contributed by atoms with Crippen LogP contribution in [0.15, 0.2) is 12.4 Å². The summed E-state index contributed by atoms with van der Waals surface area (Å²) in [5, 5.41) is 3.55. The fraction of sp³-hybridized carbons (Fsp3) is 0.667. The van der Waals surface area contributed by atoms with Gasteiger partial charge < -0.3 is 19.4 Å². The van der Waals surface area contributed by atoms with Crippen LogP contribution in [0.4, 0.5) is 14.5 Å². The van der Waals surface area contributed by atoms with E-state index in [0.717, 1.165) is 5.69 Å². The van der Waals surface area contributed by atoms with E-state index in [4.69, 9.17) is 21.1 Å². The van der Waals surface area contributed by atoms with Crippen LogP contribution >= 0.6 is 11.6 Å². The molecule has 2 aromatic heterocycles. The third kappa shape index (κ3) is 2.29. The monoisotopic (exact) mass is 398 g/mol. The molecule has 3 heterocycles. The largest absolute Gasteiger partial charge is 0.383 e. The topological polar surface area (TPSA) is 61.2 Å². The van der Waals surface area contributed by atoms with E-state index in [9.17, 15) is 8.78 Å². The Morgan fingerprint density at radius 3 is 2.89 bits per heavy atom. The average Bonchev–Trinajstić information content (AvgIpc) is 2.91. The van der Waals surface area contributed by atoms with Crippen LogP contribution in [-0.4, -0.2) is 45.5 Å². The van der Waals surface area contributed by atoms with Crippen molar-refractivity contribution in [2.24, 2.45) is 11.3 Å². The normalized spacial score (nSPS) is 36.3. The van der Waals surface area contributed by atoms with Gasteiger partial charge in [-0.2, -0.15) is 0 Å². The summed E-state index contributed by atoms with van der Waals surface area (Å²) in [6.45, 7) is 6.22. The SMILES string of the molecule is CCNc1cc(Cl)nc2c1ncn2[C@H]1[C@@H]2OC(C)(C)O[C@@H]2[C@]2(C(F)F)C[C@H]12. The first-order valence-electron chi connectivity index (χ1n) is 9.19. The lowest BCUT2D eigenvalue weighted by Crippen LogP contribution is -2.34. The standard InChI is InChI=1S/C18H21ClF2N4O2/c1-4-22-9-5-10(19)24-15-11(9)23-7-25(15)12-8-6-18(8,16(20)21)14-13(12)26-17(2,3)27-14/h5,7-8,12-14,16H,4,6H2,1-3H3,(H,22,24)/t8-,12-,13+,14+,18+/m1/s1. The molecule has 0 radical (unpaired) electrons. The number of fused-ring (bicyclic) bond motifs is 4. The molecule has 9 heteroatoms. The first-order valence-corrected chi connectivity index (χ1v) is 9.57. The molecule has 2 aromatic rings. The molecule has 0 aromatic carbocycles. The number of rotatable bonds is 4. The fourth-order valence-corrected chi connectivity index (χ4v) is 5.21. The van der Waals surface area contributed by atoms with Gasteiger partial charge >= 0.3 is 0 Å². The van der Waals surface area contributed by atoms with Crippen LogP contribution in [0.5, 0.6) is 0 Å². The van der Waals surface area contributed by atoms with Gasteiger partial charge in [0.05, 0.1) is 23.5 Å². The predicted molar refractivity (Wildman–Crippen MR) is 96.1 cm³/mol. The second kappa shape index (κ2) is 5.52. The lowest BCUT2D eigenvalue weighted by molar-refractivity contribution is -0.168. The molecular formula is C18H21ClF2N4O2. The van der Waals surface area contributed by atoms with E-state index in [1.807, 2.05) is 11.5 Å². The van der Waals surface area contributed by atoms with Gasteiger partial charge in [-0.25, -0.2) is 18.7 Å². The van der Waals surface area contributed by atoms with E-state index < -0.39 is 29.8 Å². The summed E-state index contributed by atoms with van der Waals surface area (Å²) in [7, 11) is 0. The molecule has 3 aliphatic rings. The van der Waals surface area contributed by atoms with Crippen LogP contribution in [0.1, 0.15) is 33.2 Å². The van der Waals surface area contributed by atoms with Crippen LogP contribution in [0, 0.1) is 11.3 Å². The highest BCUT2D eigenvalue weighted by Gasteiger charge is 2.79. The summed E-state index contributed by atoms with van der Waals surface area (Å²) in [4.78, 5) is 8.93. The minimum absolute atomic E-state index is 0.232. The second-order valence-corrected chi connectivity index (χ2v) is 8.47. The Bertz CT molecular complexity index is 920. The Kier molecular flexibility index (Phi) is 3.59. The smallest absolute Gasteiger partial charge is 0.247 e. The van der Waals surface area contributed by atoms with E-state index >= 15 is 0 Å². The van der Waals surface area contributed by atoms with E-state index in [1.54, 1.807) is 26.2 Å². The maximum atomic E-state index is 14.0. The third-order valence-electron chi connectivity index (χ3n) is 6.10. The summed E-state index contributed by atoms with van der Waals surface area (Å²) in [6, 6.07) is 1.41. The third-order valence-corrected chi connectivity index (χ3v) is 6.30. The zero-order valence-electron chi connectivity index (χ0n) is 15.2. The molecular weight excluding hydrogens is 378 g/mol. The van der Waals surface area contributed by atoms with Gasteiger partial charge in [0.15, 0.2) is 11.4 Å². The summed E-state index contributed by atoms with van der Waals surface area (Å²) in [5.41, 5.74) is 0.877. The minimum Gasteiger partial charge on any atom is -0.383 e. The Balaban J connectivity index is 1.63. The first kappa shape index (κ1) is 17.6. The van der Waals surface area contributed by atoms with Gasteiger partial charge in [-0.05, 0) is 33.1 Å². The lowest BCUT2D eigenvalue weighted by Gasteiger charge is -2.24. The highest BCUT2D eigenvalue weighted by Crippen LogP contribution is 2.73. The van der Waals surface area contributed by atoms with Crippen LogP contribution in [0.3, 0.4) is 0 Å². The van der Waals surface area contributed by atoms with Crippen molar-refractivity contribution in [1.29, 1.82) is 0 Å². The molecule has 2 aliphatic carbocycles. The van der Waals surface area contributed by atoms with Crippen molar-refractivity contribution >= 4 is 28.5 Å². The minimum atomic E-state index is -2.46. The zero-order chi connectivity index (χ0) is 19.1. The van der Waals surface area contributed by atoms with Gasteiger partial charge in [0.1, 0.15) is 22.9 Å². The molecule has 1 saturated heterocycles. The summed E-state index contributed by atoms with van der Waals surface area (Å²) in [6.07, 6.45) is -1.48. The molecule has 1 N–H and O–H groups in total. The number of halogens is 3. The van der Waals surface area contributed by atoms with Gasteiger partial charge in [0.2, 0.25) is 6.43 Å². The predicted octanol–water partition coefficient (Wildman–Crippen LogP) is 3.86. The number of hydrogen-bond acceptors (Lipinski definition) is 5. The summed E-state index contributed by atoms with van der Waals surface area (Å²) in [5.74, 6) is -1.12. The molecule has 2 saturated carbocycles. The quantitative estimate of drug-likeness (QED) is 0.792. The molecule has 6 nitrogen and oxygen atoms in total. The van der Waals surface area contributed by atoms with Crippen LogP contribution < -0.4 is 5.32 Å². The number of hydrogen-bond donors (Lipinski definition) is 1. The molecule has 1 aliphatic heterocycles. The van der Waals surface area contributed by atoms with Crippen molar-refractivity contribution < 1.29 is 18.3 Å². The van der Waals surface area contributed by atoms with Crippen molar-refractivity contribution in [2.45, 2.75) is 57.7 Å². The van der Waals surface area contributed by atoms with Crippen LogP contribution in [0.25, 0.3) is 11.2 Å². The van der Waals surface area contributed by atoms with E-state index in [-0.39, 0.29) is 12.0 Å². The molecule has 0 bridgehead atoms. The zero-order valence-corrected chi connectivity index (χ0v) is 16.0. The van der Waals surface area contributed by atoms with Crippen LogP contribution in [-0.2, 0) is 9.47 Å². The molecule has 146 valence electrons. The fourth-order valence-electron chi connectivity index (χ4n) is 5.02. The van der Waals surface area contributed by atoms with Gasteiger partial charge in [0.25, 0.3) is 0 Å². The van der Waals surface area contributed by atoms with E-state index in [2.05, 4.69) is 15.3 Å². The van der Waals surface area contributed by atoms with Gasteiger partial charge in [-0.3, -0.25) is 0 Å². The number of imidazole rings is 1. The summed E-state index contributed by atoms with van der Waals surface area (Å²) >= 11 is 6.21. The van der Waals surface area contributed by atoms with Crippen molar-refractivity contribution in [1.82, 2.24) is 14.5 Å². The summed E-state index contributed by atoms with van der Waals surface area (Å²) < 4.78 is 41.9. The number of nitrogens with one attached hydrogen (secondary N) is 1. The number of nitrogens with zero attached hydrogens (tertiary/aromatic N) is 3. The molecule has 3 fully saturated rings. The van der Waals surface area contributed by atoms with Crippen molar-refractivity contribution in [2.75, 3.05) is 11.9 Å². The average molecular weight is 399 g/mol. The maximum Gasteiger partial charge on any atom is 0.247 e. The lowest BCUT2D eigenvalue weighted by atomic mass is 10.00. The van der Waals surface area contributed by atoms with Gasteiger partial charge in [-0.15, -0.1) is 0 Å². The Labute approximate surface area is 160 Å². The van der Waals surface area contributed by atoms with Crippen molar-refractivity contribution in [3.05, 3.63) is 17.5 Å². The molecule has 27 heavy (non-hydrogen) atoms. The molecule has 5 atom stereocenters. The van der Waals surface area contributed by atoms with Crippen molar-refractivity contribution in [3.8, 4) is 0 Å². The number of aromatic nitrogens is 3. The number of alkyl halides is 2. The number of ether oxygens (including phenoxy) is 2. The Hall–Kier alpha value is -1.51. The van der Waals surface area contributed by atoms with E-state index in [0.29, 0.717) is 29.3 Å². The van der Waals surface area contributed by atoms with Crippen molar-refractivity contribution in [3.63, 3.8) is 0 Å². The van der Waals surface area contributed by atoms with Gasteiger partial charge in [0, 0.05) is 12.6 Å². The Morgan fingerprint density at radius 2 is 2.19 bits per heavy atom. The highest BCUT2D eigenvalue weighted by molar-refractivity contribution is 6.30. The maximum absolute atomic E-state index is 14.0. The molecule has 5 rings (SSSR count). The van der Waals surface area contributed by atoms with Gasteiger partial charge in [-0.1, -0.05) is 11.6 Å². The first-order chi connectivity index (χ1) is 12.8. The second-order valence-electron chi connectivity index (χ2n) is 8.08. The van der Waals surface area contributed by atoms with E-state index in [1.165, 1.54) is 0 Å². The van der Waals surface area contributed by atoms with Crippen LogP contribution in [0.2, 0.25) is 5.15 Å². The highest BCUT2D eigenvalue weighted by atomic mass is 35.5.